The first kappa shape index (κ1) is 18.4. The number of rotatable bonds is 7. The predicted molar refractivity (Wildman–Crippen MR) is 91.4 cm³/mol. The van der Waals surface area contributed by atoms with Gasteiger partial charge in [-0.1, -0.05) is 23.7 Å². The average Bonchev–Trinajstić information content (AvgIpc) is 3.41. The first-order chi connectivity index (χ1) is 12.4. The van der Waals surface area contributed by atoms with E-state index < -0.39 is 24.7 Å². The van der Waals surface area contributed by atoms with Gasteiger partial charge in [-0.25, -0.2) is 9.97 Å². The first-order valence-electron chi connectivity index (χ1n) is 8.06. The van der Waals surface area contributed by atoms with E-state index >= 15 is 0 Å². The number of hydrogen-bond acceptors (Lipinski definition) is 4. The van der Waals surface area contributed by atoms with Crippen LogP contribution in [-0.2, 0) is 16.6 Å². The van der Waals surface area contributed by atoms with Gasteiger partial charge >= 0.3 is 6.43 Å². The van der Waals surface area contributed by atoms with Crippen LogP contribution in [0.25, 0.3) is 0 Å². The van der Waals surface area contributed by atoms with Crippen molar-refractivity contribution in [2.24, 2.45) is 0 Å². The van der Waals surface area contributed by atoms with Crippen molar-refractivity contribution in [3.05, 3.63) is 58.6 Å². The van der Waals surface area contributed by atoms with Gasteiger partial charge in [0.05, 0.1) is 12.1 Å². The second kappa shape index (κ2) is 7.45. The minimum absolute atomic E-state index is 0.00134. The molecule has 2 aromatic rings. The quantitative estimate of drug-likeness (QED) is 0.751. The Labute approximate surface area is 153 Å². The summed E-state index contributed by atoms with van der Waals surface area (Å²) < 4.78 is 24.2. The van der Waals surface area contributed by atoms with Gasteiger partial charge < -0.3 is 5.32 Å². The SMILES string of the molecule is O=C(CNC(=O)C(F)F)c1cnc(CC2(c3ccc(Cl)cc3)CC2)nc1. The van der Waals surface area contributed by atoms with Crippen LogP contribution < -0.4 is 5.32 Å². The number of benzene rings is 1. The molecule has 1 saturated carbocycles. The molecule has 8 heteroatoms. The normalized spacial score (nSPS) is 14.9. The number of aromatic nitrogens is 2. The molecule has 1 amide bonds. The van der Waals surface area contributed by atoms with Crippen LogP contribution in [0.5, 0.6) is 0 Å². The number of alkyl halides is 2. The number of halogens is 3. The van der Waals surface area contributed by atoms with E-state index in [0.717, 1.165) is 12.8 Å². The van der Waals surface area contributed by atoms with Crippen molar-refractivity contribution in [2.75, 3.05) is 6.54 Å². The standard InChI is InChI=1S/C18H16ClF2N3O2/c19-13-3-1-12(2-4-13)18(5-6-18)7-15-22-8-11(9-23-15)14(25)10-24-17(26)16(20)21/h1-4,8-9,16H,5-7,10H2,(H,24,26). The number of carbonyl (C=O) groups excluding carboxylic acids is 2. The zero-order valence-corrected chi connectivity index (χ0v) is 14.5. The Morgan fingerprint density at radius 1 is 1.15 bits per heavy atom. The van der Waals surface area contributed by atoms with Crippen LogP contribution in [0.1, 0.15) is 34.6 Å². The van der Waals surface area contributed by atoms with Crippen LogP contribution >= 0.6 is 11.6 Å². The van der Waals surface area contributed by atoms with Crippen molar-refractivity contribution >= 4 is 23.3 Å². The van der Waals surface area contributed by atoms with Gasteiger partial charge in [-0.2, -0.15) is 8.78 Å². The lowest BCUT2D eigenvalue weighted by atomic mass is 9.92. The summed E-state index contributed by atoms with van der Waals surface area (Å²) >= 11 is 5.93. The van der Waals surface area contributed by atoms with E-state index in [1.165, 1.54) is 18.0 Å². The Hall–Kier alpha value is -2.41. The fourth-order valence-corrected chi connectivity index (χ4v) is 2.89. The lowest BCUT2D eigenvalue weighted by Gasteiger charge is -2.15. The summed E-state index contributed by atoms with van der Waals surface area (Å²) in [5.74, 6) is -1.40. The Kier molecular flexibility index (Phi) is 5.27. The second-order valence-electron chi connectivity index (χ2n) is 6.29. The van der Waals surface area contributed by atoms with E-state index in [4.69, 9.17) is 11.6 Å². The average molecular weight is 380 g/mol. The van der Waals surface area contributed by atoms with Crippen LogP contribution in [0, 0.1) is 0 Å². The van der Waals surface area contributed by atoms with Gasteiger partial charge in [0.15, 0.2) is 5.78 Å². The van der Waals surface area contributed by atoms with Gasteiger partial charge in [0.1, 0.15) is 5.82 Å². The number of amides is 1. The summed E-state index contributed by atoms with van der Waals surface area (Å²) in [4.78, 5) is 31.1. The van der Waals surface area contributed by atoms with E-state index in [1.807, 2.05) is 29.6 Å². The minimum Gasteiger partial charge on any atom is -0.344 e. The Morgan fingerprint density at radius 3 is 2.31 bits per heavy atom. The molecule has 0 radical (unpaired) electrons. The number of hydrogen-bond donors (Lipinski definition) is 1. The molecule has 5 nitrogen and oxygen atoms in total. The summed E-state index contributed by atoms with van der Waals surface area (Å²) in [6.07, 6.45) is 2.26. The van der Waals surface area contributed by atoms with E-state index in [2.05, 4.69) is 9.97 Å². The lowest BCUT2D eigenvalue weighted by Crippen LogP contribution is -2.34. The zero-order valence-electron chi connectivity index (χ0n) is 13.7. The molecule has 1 N–H and O–H groups in total. The molecule has 0 saturated heterocycles. The van der Waals surface area contributed by atoms with Gasteiger partial charge in [-0.3, -0.25) is 9.59 Å². The molecule has 0 unspecified atom stereocenters. The molecule has 0 spiro atoms. The van der Waals surface area contributed by atoms with E-state index in [-0.39, 0.29) is 11.0 Å². The number of carbonyl (C=O) groups is 2. The third-order valence-electron chi connectivity index (χ3n) is 4.46. The van der Waals surface area contributed by atoms with Crippen molar-refractivity contribution in [2.45, 2.75) is 31.1 Å². The summed E-state index contributed by atoms with van der Waals surface area (Å²) in [5.41, 5.74) is 1.35. The smallest absolute Gasteiger partial charge is 0.315 e. The Morgan fingerprint density at radius 2 is 1.77 bits per heavy atom. The molecule has 1 aliphatic carbocycles. The van der Waals surface area contributed by atoms with Gasteiger partial charge in [0.25, 0.3) is 5.91 Å². The van der Waals surface area contributed by atoms with Crippen LogP contribution in [0.4, 0.5) is 8.78 Å². The summed E-state index contributed by atoms with van der Waals surface area (Å²) in [6, 6.07) is 7.71. The van der Waals surface area contributed by atoms with E-state index in [0.29, 0.717) is 17.3 Å². The highest BCUT2D eigenvalue weighted by atomic mass is 35.5. The molecule has 1 heterocycles. The molecule has 26 heavy (non-hydrogen) atoms. The molecule has 136 valence electrons. The third kappa shape index (κ3) is 4.22. The van der Waals surface area contributed by atoms with E-state index in [1.54, 1.807) is 0 Å². The minimum atomic E-state index is -3.15. The summed E-state index contributed by atoms with van der Waals surface area (Å²) in [6.45, 7) is -0.513. The molecule has 0 aliphatic heterocycles. The van der Waals surface area contributed by atoms with Crippen molar-refractivity contribution in [1.29, 1.82) is 0 Å². The summed E-state index contributed by atoms with van der Waals surface area (Å²) in [5, 5.41) is 2.55. The fraction of sp³-hybridized carbons (Fsp3) is 0.333. The predicted octanol–water partition coefficient (Wildman–Crippen LogP) is 2.97. The monoisotopic (exact) mass is 379 g/mol. The first-order valence-corrected chi connectivity index (χ1v) is 8.43. The van der Waals surface area contributed by atoms with Gasteiger partial charge in [0.2, 0.25) is 0 Å². The highest BCUT2D eigenvalue weighted by Gasteiger charge is 2.44. The fourth-order valence-electron chi connectivity index (χ4n) is 2.76. The highest BCUT2D eigenvalue weighted by Crippen LogP contribution is 2.50. The van der Waals surface area contributed by atoms with Crippen LogP contribution in [-0.4, -0.2) is 34.6 Å². The zero-order chi connectivity index (χ0) is 18.7. The summed E-state index contributed by atoms with van der Waals surface area (Å²) in [7, 11) is 0. The molecular weight excluding hydrogens is 364 g/mol. The number of ketones is 1. The van der Waals surface area contributed by atoms with Gasteiger partial charge in [-0.05, 0) is 30.5 Å². The second-order valence-corrected chi connectivity index (χ2v) is 6.73. The van der Waals surface area contributed by atoms with E-state index in [9.17, 15) is 18.4 Å². The number of nitrogens with zero attached hydrogens (tertiary/aromatic N) is 2. The van der Waals surface area contributed by atoms with Crippen molar-refractivity contribution in [3.8, 4) is 0 Å². The van der Waals surface area contributed by atoms with Gasteiger partial charge in [0, 0.05) is 29.3 Å². The Bertz CT molecular complexity index is 806. The molecule has 1 aromatic heterocycles. The topological polar surface area (TPSA) is 72.0 Å². The number of Topliss-reactive ketones (excluding diaryl/α,β-unsaturated/α-hetero) is 1. The Balaban J connectivity index is 1.62. The molecule has 0 bridgehead atoms. The maximum absolute atomic E-state index is 12.1. The van der Waals surface area contributed by atoms with Crippen LogP contribution in [0.15, 0.2) is 36.7 Å². The molecule has 0 atom stereocenters. The maximum atomic E-state index is 12.1. The molecule has 1 fully saturated rings. The molecule has 1 aromatic carbocycles. The number of nitrogens with one attached hydrogen (secondary N) is 1. The molecular formula is C18H16ClF2N3O2. The van der Waals surface area contributed by atoms with Crippen LogP contribution in [0.2, 0.25) is 5.02 Å². The van der Waals surface area contributed by atoms with Crippen molar-refractivity contribution in [3.63, 3.8) is 0 Å². The maximum Gasteiger partial charge on any atom is 0.315 e. The van der Waals surface area contributed by atoms with Crippen molar-refractivity contribution in [1.82, 2.24) is 15.3 Å². The molecule has 3 rings (SSSR count). The lowest BCUT2D eigenvalue weighted by molar-refractivity contribution is -0.131. The third-order valence-corrected chi connectivity index (χ3v) is 4.71. The molecule has 1 aliphatic rings. The van der Waals surface area contributed by atoms with Crippen molar-refractivity contribution < 1.29 is 18.4 Å². The van der Waals surface area contributed by atoms with Crippen LogP contribution in [0.3, 0.4) is 0 Å². The highest BCUT2D eigenvalue weighted by molar-refractivity contribution is 6.30. The van der Waals surface area contributed by atoms with Gasteiger partial charge in [-0.15, -0.1) is 0 Å². The largest absolute Gasteiger partial charge is 0.344 e.